The number of fused-ring (bicyclic) bond motifs is 4. The van der Waals surface area contributed by atoms with Gasteiger partial charge in [-0.05, 0) is 72.7 Å². The summed E-state index contributed by atoms with van der Waals surface area (Å²) < 4.78 is 19.3. The molecule has 1 unspecified atom stereocenters. The van der Waals surface area contributed by atoms with Gasteiger partial charge in [0.25, 0.3) is 0 Å². The number of carbonyl (C=O) groups is 1. The van der Waals surface area contributed by atoms with Crippen LogP contribution in [0.5, 0.6) is 0 Å². The highest BCUT2D eigenvalue weighted by Crippen LogP contribution is 2.33. The first-order chi connectivity index (χ1) is 13.7. The first kappa shape index (κ1) is 17.7. The van der Waals surface area contributed by atoms with Gasteiger partial charge in [0.1, 0.15) is 11.9 Å². The molecule has 4 nitrogen and oxygen atoms in total. The normalized spacial score (nSPS) is 26.0. The molecular formula is C23H25FN2O2. The van der Waals surface area contributed by atoms with Crippen LogP contribution in [0, 0.1) is 11.7 Å². The molecule has 4 aliphatic heterocycles. The molecule has 0 N–H and O–H groups in total. The van der Waals surface area contributed by atoms with Crippen LogP contribution in [0.4, 0.5) is 9.18 Å². The maximum atomic E-state index is 13.3. The van der Waals surface area contributed by atoms with Gasteiger partial charge in [0.2, 0.25) is 0 Å². The lowest BCUT2D eigenvalue weighted by Gasteiger charge is -2.44. The molecule has 0 aromatic heterocycles. The molecule has 2 bridgehead atoms. The van der Waals surface area contributed by atoms with Gasteiger partial charge in [-0.3, -0.25) is 4.90 Å². The molecule has 0 radical (unpaired) electrons. The first-order valence-electron chi connectivity index (χ1n) is 10.2. The fourth-order valence-corrected chi connectivity index (χ4v) is 4.89. The van der Waals surface area contributed by atoms with Crippen molar-refractivity contribution in [3.05, 3.63) is 59.4 Å². The lowest BCUT2D eigenvalue weighted by Crippen LogP contribution is -2.53. The fraction of sp³-hybridized carbons (Fsp3) is 0.435. The maximum Gasteiger partial charge on any atom is 0.410 e. The van der Waals surface area contributed by atoms with E-state index in [1.807, 2.05) is 17.0 Å². The molecule has 2 aromatic rings. The van der Waals surface area contributed by atoms with Crippen LogP contribution in [-0.2, 0) is 17.7 Å². The minimum absolute atomic E-state index is 0.0312. The summed E-state index contributed by atoms with van der Waals surface area (Å²) in [6, 6.07) is 12.8. The van der Waals surface area contributed by atoms with Gasteiger partial charge < -0.3 is 9.64 Å². The molecule has 4 heterocycles. The summed E-state index contributed by atoms with van der Waals surface area (Å²) in [6.07, 6.45) is 2.92. The van der Waals surface area contributed by atoms with E-state index in [1.54, 1.807) is 12.1 Å². The smallest absolute Gasteiger partial charge is 0.410 e. The van der Waals surface area contributed by atoms with E-state index >= 15 is 0 Å². The van der Waals surface area contributed by atoms with Crippen molar-refractivity contribution in [2.24, 2.45) is 5.92 Å². The molecule has 5 heteroatoms. The zero-order chi connectivity index (χ0) is 19.1. The van der Waals surface area contributed by atoms with Gasteiger partial charge in [0.05, 0.1) is 0 Å². The van der Waals surface area contributed by atoms with Crippen LogP contribution >= 0.6 is 0 Å². The molecule has 0 saturated carbocycles. The standard InChI is InChI=1S/C23H25FN2O2/c24-19-6-4-17(5-7-19)20-3-1-2-16-10-13-26(14-21(16)20)23(27)28-22-15-25-11-8-18(22)9-12-25/h1-7,18,22H,8-15H2. The summed E-state index contributed by atoms with van der Waals surface area (Å²) >= 11 is 0. The number of amides is 1. The van der Waals surface area contributed by atoms with Gasteiger partial charge in [0.15, 0.2) is 0 Å². The molecule has 1 amide bonds. The highest BCUT2D eigenvalue weighted by atomic mass is 19.1. The third-order valence-electron chi connectivity index (χ3n) is 6.53. The number of rotatable bonds is 2. The zero-order valence-corrected chi connectivity index (χ0v) is 15.9. The predicted molar refractivity (Wildman–Crippen MR) is 105 cm³/mol. The highest BCUT2D eigenvalue weighted by molar-refractivity contribution is 5.72. The Labute approximate surface area is 164 Å². The predicted octanol–water partition coefficient (Wildman–Crippen LogP) is 4.08. The van der Waals surface area contributed by atoms with Crippen molar-refractivity contribution in [1.29, 1.82) is 0 Å². The Kier molecular flexibility index (Phi) is 4.55. The number of hydrogen-bond acceptors (Lipinski definition) is 3. The Morgan fingerprint density at radius 3 is 2.54 bits per heavy atom. The van der Waals surface area contributed by atoms with Crippen LogP contribution in [0.1, 0.15) is 24.0 Å². The molecule has 6 rings (SSSR count). The number of halogens is 1. The number of carbonyl (C=O) groups excluding carboxylic acids is 1. The number of ether oxygens (including phenoxy) is 1. The average Bonchev–Trinajstić information content (AvgIpc) is 2.74. The van der Waals surface area contributed by atoms with Gasteiger partial charge in [-0.1, -0.05) is 30.3 Å². The fourth-order valence-electron chi connectivity index (χ4n) is 4.89. The molecule has 0 aliphatic carbocycles. The van der Waals surface area contributed by atoms with E-state index < -0.39 is 0 Å². The monoisotopic (exact) mass is 380 g/mol. The molecule has 4 aliphatic rings. The van der Waals surface area contributed by atoms with E-state index in [1.165, 1.54) is 17.7 Å². The lowest BCUT2D eigenvalue weighted by atomic mass is 9.86. The van der Waals surface area contributed by atoms with Crippen molar-refractivity contribution in [1.82, 2.24) is 9.80 Å². The van der Waals surface area contributed by atoms with E-state index in [9.17, 15) is 9.18 Å². The SMILES string of the molecule is O=C(OC1CN2CCC1CC2)N1CCc2cccc(-c3ccc(F)cc3)c2C1. The maximum absolute atomic E-state index is 13.3. The summed E-state index contributed by atoms with van der Waals surface area (Å²) in [6.45, 7) is 4.37. The Hall–Kier alpha value is -2.40. The van der Waals surface area contributed by atoms with Crippen molar-refractivity contribution >= 4 is 6.09 Å². The lowest BCUT2D eigenvalue weighted by molar-refractivity contribution is -0.0446. The topological polar surface area (TPSA) is 32.8 Å². The Balaban J connectivity index is 1.34. The van der Waals surface area contributed by atoms with E-state index in [0.29, 0.717) is 19.0 Å². The Bertz CT molecular complexity index is 875. The molecule has 3 fully saturated rings. The Morgan fingerprint density at radius 2 is 1.82 bits per heavy atom. The summed E-state index contributed by atoms with van der Waals surface area (Å²) in [5, 5.41) is 0. The second-order valence-electron chi connectivity index (χ2n) is 8.18. The minimum atomic E-state index is -0.240. The van der Waals surface area contributed by atoms with Gasteiger partial charge >= 0.3 is 6.09 Å². The summed E-state index contributed by atoms with van der Waals surface area (Å²) in [5.41, 5.74) is 4.45. The van der Waals surface area contributed by atoms with Gasteiger partial charge in [0, 0.05) is 19.6 Å². The summed E-state index contributed by atoms with van der Waals surface area (Å²) in [7, 11) is 0. The van der Waals surface area contributed by atoms with Crippen LogP contribution in [0.2, 0.25) is 0 Å². The van der Waals surface area contributed by atoms with E-state index in [-0.39, 0.29) is 18.0 Å². The van der Waals surface area contributed by atoms with Crippen LogP contribution in [0.3, 0.4) is 0 Å². The number of hydrogen-bond donors (Lipinski definition) is 0. The average molecular weight is 380 g/mol. The van der Waals surface area contributed by atoms with E-state index in [2.05, 4.69) is 11.0 Å². The van der Waals surface area contributed by atoms with Crippen molar-refractivity contribution < 1.29 is 13.9 Å². The third kappa shape index (κ3) is 3.28. The van der Waals surface area contributed by atoms with Crippen LogP contribution in [0.25, 0.3) is 11.1 Å². The second-order valence-corrected chi connectivity index (χ2v) is 8.18. The molecule has 0 spiro atoms. The van der Waals surface area contributed by atoms with E-state index in [0.717, 1.165) is 55.6 Å². The largest absolute Gasteiger partial charge is 0.444 e. The summed E-state index contributed by atoms with van der Waals surface area (Å²) in [4.78, 5) is 17.1. The molecule has 2 aromatic carbocycles. The summed E-state index contributed by atoms with van der Waals surface area (Å²) in [5.74, 6) is 0.275. The quantitative estimate of drug-likeness (QED) is 0.787. The van der Waals surface area contributed by atoms with Gasteiger partial charge in [-0.25, -0.2) is 9.18 Å². The molecular weight excluding hydrogens is 355 g/mol. The first-order valence-corrected chi connectivity index (χ1v) is 10.2. The Morgan fingerprint density at radius 1 is 1.04 bits per heavy atom. The minimum Gasteiger partial charge on any atom is -0.444 e. The van der Waals surface area contributed by atoms with Crippen molar-refractivity contribution in [2.75, 3.05) is 26.2 Å². The van der Waals surface area contributed by atoms with E-state index in [4.69, 9.17) is 4.74 Å². The molecule has 146 valence electrons. The van der Waals surface area contributed by atoms with Gasteiger partial charge in [-0.15, -0.1) is 0 Å². The van der Waals surface area contributed by atoms with Crippen LogP contribution in [0.15, 0.2) is 42.5 Å². The highest BCUT2D eigenvalue weighted by Gasteiger charge is 2.37. The van der Waals surface area contributed by atoms with Crippen molar-refractivity contribution in [3.63, 3.8) is 0 Å². The van der Waals surface area contributed by atoms with Crippen LogP contribution < -0.4 is 0 Å². The molecule has 28 heavy (non-hydrogen) atoms. The van der Waals surface area contributed by atoms with Crippen LogP contribution in [-0.4, -0.2) is 48.2 Å². The zero-order valence-electron chi connectivity index (χ0n) is 15.9. The van der Waals surface area contributed by atoms with Crippen molar-refractivity contribution in [3.8, 4) is 11.1 Å². The molecule has 3 saturated heterocycles. The number of benzene rings is 2. The van der Waals surface area contributed by atoms with Crippen molar-refractivity contribution in [2.45, 2.75) is 31.9 Å². The molecule has 1 atom stereocenters. The number of nitrogens with zero attached hydrogens (tertiary/aromatic N) is 2. The number of piperidine rings is 3. The van der Waals surface area contributed by atoms with Gasteiger partial charge in [-0.2, -0.15) is 0 Å². The second kappa shape index (κ2) is 7.21. The third-order valence-corrected chi connectivity index (χ3v) is 6.53.